The molecule has 0 aliphatic carbocycles. The largest absolute Gasteiger partial charge is 0.331 e. The fraction of sp³-hybridized carbons (Fsp3) is 0.444. The highest BCUT2D eigenvalue weighted by molar-refractivity contribution is 6.30. The number of amides is 2. The van der Waals surface area contributed by atoms with Gasteiger partial charge in [0.1, 0.15) is 0 Å². The molecule has 3 rings (SSSR count). The average molecular weight is 347 g/mol. The van der Waals surface area contributed by atoms with Gasteiger partial charge in [-0.15, -0.1) is 0 Å². The van der Waals surface area contributed by atoms with Crippen LogP contribution in [-0.4, -0.2) is 34.2 Å². The average Bonchev–Trinajstić information content (AvgIpc) is 3.10. The van der Waals surface area contributed by atoms with Crippen molar-refractivity contribution in [2.45, 2.75) is 38.1 Å². The second-order valence-corrected chi connectivity index (χ2v) is 7.19. The standard InChI is InChI=1S/C18H23ClN4O/c1-13(14-11-20-21-12-14)22-17(24)23-9-7-18(2,8-10-23)15-3-5-16(19)6-4-15/h3-6,11-13H,7-10H2,1-2H3,(H,20,21)(H,22,24). The lowest BCUT2D eigenvalue weighted by atomic mass is 9.74. The Bertz CT molecular complexity index is 676. The Balaban J connectivity index is 1.58. The van der Waals surface area contributed by atoms with Crippen LogP contribution in [0.25, 0.3) is 0 Å². The first-order chi connectivity index (χ1) is 11.5. The number of H-pyrrole nitrogens is 1. The molecule has 1 fully saturated rings. The number of hydrogen-bond donors (Lipinski definition) is 2. The van der Waals surface area contributed by atoms with E-state index in [1.165, 1.54) is 5.56 Å². The van der Waals surface area contributed by atoms with E-state index in [9.17, 15) is 4.79 Å². The van der Waals surface area contributed by atoms with Gasteiger partial charge in [0.2, 0.25) is 0 Å². The lowest BCUT2D eigenvalue weighted by molar-refractivity contribution is 0.160. The van der Waals surface area contributed by atoms with E-state index in [1.54, 1.807) is 12.4 Å². The van der Waals surface area contributed by atoms with Crippen molar-refractivity contribution in [1.29, 1.82) is 0 Å². The van der Waals surface area contributed by atoms with Gasteiger partial charge in [-0.1, -0.05) is 30.7 Å². The summed E-state index contributed by atoms with van der Waals surface area (Å²) in [4.78, 5) is 14.4. The zero-order valence-corrected chi connectivity index (χ0v) is 14.8. The van der Waals surface area contributed by atoms with Gasteiger partial charge in [0.25, 0.3) is 0 Å². The predicted molar refractivity (Wildman–Crippen MR) is 95.1 cm³/mol. The Labute approximate surface area is 147 Å². The highest BCUT2D eigenvalue weighted by Crippen LogP contribution is 2.35. The smallest absolute Gasteiger partial charge is 0.317 e. The summed E-state index contributed by atoms with van der Waals surface area (Å²) in [5, 5.41) is 10.5. The number of aromatic amines is 1. The number of piperidine rings is 1. The quantitative estimate of drug-likeness (QED) is 0.885. The molecule has 2 amide bonds. The summed E-state index contributed by atoms with van der Waals surface area (Å²) in [5.74, 6) is 0. The minimum absolute atomic E-state index is 0.0122. The van der Waals surface area contributed by atoms with Gasteiger partial charge in [0.05, 0.1) is 12.2 Å². The summed E-state index contributed by atoms with van der Waals surface area (Å²) in [7, 11) is 0. The molecule has 1 aromatic carbocycles. The van der Waals surface area contributed by atoms with Crippen LogP contribution in [0.2, 0.25) is 5.02 Å². The van der Waals surface area contributed by atoms with E-state index in [-0.39, 0.29) is 17.5 Å². The molecule has 2 aromatic rings. The monoisotopic (exact) mass is 346 g/mol. The van der Waals surface area contributed by atoms with E-state index < -0.39 is 0 Å². The molecular weight excluding hydrogens is 324 g/mol. The number of hydrogen-bond acceptors (Lipinski definition) is 2. The summed E-state index contributed by atoms with van der Waals surface area (Å²) in [6.07, 6.45) is 5.43. The summed E-state index contributed by atoms with van der Waals surface area (Å²) in [6.45, 7) is 5.73. The number of likely N-dealkylation sites (tertiary alicyclic amines) is 1. The van der Waals surface area contributed by atoms with E-state index in [0.29, 0.717) is 0 Å². The molecule has 6 heteroatoms. The maximum atomic E-state index is 12.5. The molecule has 2 heterocycles. The van der Waals surface area contributed by atoms with Gasteiger partial charge in [-0.2, -0.15) is 5.10 Å². The van der Waals surface area contributed by atoms with Crippen LogP contribution >= 0.6 is 11.6 Å². The molecule has 1 aliphatic heterocycles. The maximum Gasteiger partial charge on any atom is 0.317 e. The first-order valence-electron chi connectivity index (χ1n) is 8.28. The van der Waals surface area contributed by atoms with Crippen LogP contribution in [0.1, 0.15) is 43.9 Å². The third kappa shape index (κ3) is 3.56. The molecule has 1 saturated heterocycles. The summed E-state index contributed by atoms with van der Waals surface area (Å²) in [6, 6.07) is 8.00. The molecule has 0 spiro atoms. The number of nitrogens with one attached hydrogen (secondary N) is 2. The molecule has 0 bridgehead atoms. The Morgan fingerprint density at radius 2 is 2.00 bits per heavy atom. The molecule has 1 aromatic heterocycles. The Hall–Kier alpha value is -2.01. The molecule has 0 radical (unpaired) electrons. The number of carbonyl (C=O) groups excluding carboxylic acids is 1. The number of nitrogens with zero attached hydrogens (tertiary/aromatic N) is 2. The molecule has 1 atom stereocenters. The molecular formula is C18H23ClN4O. The predicted octanol–water partition coefficient (Wildman–Crippen LogP) is 3.89. The second-order valence-electron chi connectivity index (χ2n) is 6.76. The second kappa shape index (κ2) is 6.85. The van der Waals surface area contributed by atoms with E-state index in [1.807, 2.05) is 24.0 Å². The fourth-order valence-corrected chi connectivity index (χ4v) is 3.33. The van der Waals surface area contributed by atoms with Gasteiger partial charge in [-0.25, -0.2) is 4.79 Å². The van der Waals surface area contributed by atoms with Crippen molar-refractivity contribution in [3.05, 3.63) is 52.8 Å². The van der Waals surface area contributed by atoms with Crippen molar-refractivity contribution in [1.82, 2.24) is 20.4 Å². The van der Waals surface area contributed by atoms with Crippen LogP contribution < -0.4 is 5.32 Å². The molecule has 5 nitrogen and oxygen atoms in total. The topological polar surface area (TPSA) is 61.0 Å². The van der Waals surface area contributed by atoms with E-state index >= 15 is 0 Å². The van der Waals surface area contributed by atoms with E-state index in [2.05, 4.69) is 34.6 Å². The first kappa shape index (κ1) is 16.8. The van der Waals surface area contributed by atoms with Crippen LogP contribution in [0.5, 0.6) is 0 Å². The van der Waals surface area contributed by atoms with E-state index in [4.69, 9.17) is 11.6 Å². The Morgan fingerprint density at radius 3 is 2.58 bits per heavy atom. The van der Waals surface area contributed by atoms with Gasteiger partial charge in [0, 0.05) is 29.9 Å². The van der Waals surface area contributed by atoms with Crippen molar-refractivity contribution < 1.29 is 4.79 Å². The molecule has 1 unspecified atom stereocenters. The van der Waals surface area contributed by atoms with Gasteiger partial charge in [0.15, 0.2) is 0 Å². The van der Waals surface area contributed by atoms with Gasteiger partial charge in [-0.05, 0) is 42.9 Å². The SMILES string of the molecule is CC(NC(=O)N1CCC(C)(c2ccc(Cl)cc2)CC1)c1cn[nH]c1. The number of carbonyl (C=O) groups is 1. The third-order valence-corrected chi connectivity index (χ3v) is 5.31. The lowest BCUT2D eigenvalue weighted by Crippen LogP contribution is -2.48. The highest BCUT2D eigenvalue weighted by atomic mass is 35.5. The van der Waals surface area contributed by atoms with Crippen molar-refractivity contribution in [2.24, 2.45) is 0 Å². The van der Waals surface area contributed by atoms with Crippen LogP contribution in [0.4, 0.5) is 4.79 Å². The number of rotatable bonds is 3. The van der Waals surface area contributed by atoms with Crippen LogP contribution in [0, 0.1) is 0 Å². The normalized spacial score (nSPS) is 18.2. The first-order valence-corrected chi connectivity index (χ1v) is 8.66. The van der Waals surface area contributed by atoms with Crippen molar-refractivity contribution in [3.8, 4) is 0 Å². The number of aromatic nitrogens is 2. The molecule has 0 saturated carbocycles. The van der Waals surface area contributed by atoms with E-state index in [0.717, 1.165) is 36.5 Å². The van der Waals surface area contributed by atoms with Crippen molar-refractivity contribution in [3.63, 3.8) is 0 Å². The number of halogens is 1. The van der Waals surface area contributed by atoms with Crippen molar-refractivity contribution >= 4 is 17.6 Å². The van der Waals surface area contributed by atoms with Gasteiger partial charge >= 0.3 is 6.03 Å². The lowest BCUT2D eigenvalue weighted by Gasteiger charge is -2.40. The zero-order valence-electron chi connectivity index (χ0n) is 14.1. The number of benzene rings is 1. The molecule has 2 N–H and O–H groups in total. The summed E-state index contributed by atoms with van der Waals surface area (Å²) < 4.78 is 0. The molecule has 24 heavy (non-hydrogen) atoms. The summed E-state index contributed by atoms with van der Waals surface area (Å²) in [5.41, 5.74) is 2.36. The molecule has 128 valence electrons. The van der Waals surface area contributed by atoms with Crippen LogP contribution in [0.15, 0.2) is 36.7 Å². The highest BCUT2D eigenvalue weighted by Gasteiger charge is 2.33. The van der Waals surface area contributed by atoms with Crippen molar-refractivity contribution in [2.75, 3.05) is 13.1 Å². The third-order valence-electron chi connectivity index (χ3n) is 5.05. The fourth-order valence-electron chi connectivity index (χ4n) is 3.20. The minimum Gasteiger partial charge on any atom is -0.331 e. The van der Waals surface area contributed by atoms with Gasteiger partial charge in [-0.3, -0.25) is 5.10 Å². The van der Waals surface area contributed by atoms with Crippen LogP contribution in [-0.2, 0) is 5.41 Å². The number of urea groups is 1. The van der Waals surface area contributed by atoms with Crippen LogP contribution in [0.3, 0.4) is 0 Å². The van der Waals surface area contributed by atoms with Gasteiger partial charge < -0.3 is 10.2 Å². The Kier molecular flexibility index (Phi) is 4.81. The summed E-state index contributed by atoms with van der Waals surface area (Å²) >= 11 is 5.98. The zero-order chi connectivity index (χ0) is 17.2. The Morgan fingerprint density at radius 1 is 1.33 bits per heavy atom. The minimum atomic E-state index is -0.0548. The molecule has 1 aliphatic rings. The maximum absolute atomic E-state index is 12.5.